The Morgan fingerprint density at radius 1 is 1.18 bits per heavy atom. The number of hydrogen-bond acceptors (Lipinski definition) is 6. The summed E-state index contributed by atoms with van der Waals surface area (Å²) >= 11 is 1.63. The number of esters is 1. The number of anilines is 1. The molecule has 1 unspecified atom stereocenters. The molecule has 0 saturated carbocycles. The number of benzene rings is 1. The van der Waals surface area contributed by atoms with Crippen molar-refractivity contribution >= 4 is 39.9 Å². The van der Waals surface area contributed by atoms with Crippen molar-refractivity contribution < 1.29 is 14.3 Å². The molecule has 0 fully saturated rings. The maximum Gasteiger partial charge on any atom is 0.329 e. The van der Waals surface area contributed by atoms with Gasteiger partial charge in [-0.1, -0.05) is 18.2 Å². The first-order valence-corrected chi connectivity index (χ1v) is 11.6. The van der Waals surface area contributed by atoms with E-state index in [1.54, 1.807) is 22.4 Å². The van der Waals surface area contributed by atoms with E-state index >= 15 is 0 Å². The van der Waals surface area contributed by atoms with Crippen LogP contribution in [0.3, 0.4) is 0 Å². The lowest BCUT2D eigenvalue weighted by Gasteiger charge is -2.24. The zero-order valence-corrected chi connectivity index (χ0v) is 19.7. The summed E-state index contributed by atoms with van der Waals surface area (Å²) in [7, 11) is 1.35. The second-order valence-corrected chi connectivity index (χ2v) is 9.72. The number of carbonyl (C=O) groups is 2. The SMILES string of the molecule is COC(=O)C1Cc2ccccc2N1C(=O)c1cc(-c2ccc(C)s2)nc2c1cnn2C(C)C. The first-order chi connectivity index (χ1) is 15.9. The number of ether oxygens (including phenoxy) is 1. The normalized spacial score (nSPS) is 15.3. The second kappa shape index (κ2) is 8.12. The van der Waals surface area contributed by atoms with Gasteiger partial charge in [0.05, 0.1) is 34.8 Å². The molecule has 4 heterocycles. The van der Waals surface area contributed by atoms with Gasteiger partial charge < -0.3 is 4.74 Å². The van der Waals surface area contributed by atoms with Crippen molar-refractivity contribution in [3.05, 3.63) is 64.7 Å². The van der Waals surface area contributed by atoms with Crippen molar-refractivity contribution in [2.45, 2.75) is 39.3 Å². The molecular weight excluding hydrogens is 436 g/mol. The monoisotopic (exact) mass is 460 g/mol. The Labute approximate surface area is 195 Å². The molecule has 33 heavy (non-hydrogen) atoms. The van der Waals surface area contributed by atoms with Crippen LogP contribution in [0.2, 0.25) is 0 Å². The Kier molecular flexibility index (Phi) is 5.25. The third-order valence-electron chi connectivity index (χ3n) is 5.95. The fourth-order valence-corrected chi connectivity index (χ4v) is 5.19. The van der Waals surface area contributed by atoms with Crippen LogP contribution < -0.4 is 4.90 Å². The zero-order valence-electron chi connectivity index (χ0n) is 18.9. The number of thiophene rings is 1. The molecule has 4 aromatic rings. The van der Waals surface area contributed by atoms with Gasteiger partial charge in [-0.25, -0.2) is 14.5 Å². The zero-order chi connectivity index (χ0) is 23.3. The highest BCUT2D eigenvalue weighted by atomic mass is 32.1. The first-order valence-electron chi connectivity index (χ1n) is 10.8. The highest BCUT2D eigenvalue weighted by Crippen LogP contribution is 2.36. The molecule has 1 atom stereocenters. The van der Waals surface area contributed by atoms with Crippen LogP contribution in [-0.2, 0) is 16.0 Å². The van der Waals surface area contributed by atoms with E-state index in [0.29, 0.717) is 28.7 Å². The summed E-state index contributed by atoms with van der Waals surface area (Å²) in [6.07, 6.45) is 2.11. The van der Waals surface area contributed by atoms with Crippen LogP contribution in [0.5, 0.6) is 0 Å². The number of methoxy groups -OCH3 is 1. The van der Waals surface area contributed by atoms with Gasteiger partial charge in [0.2, 0.25) is 0 Å². The molecule has 1 amide bonds. The number of aromatic nitrogens is 3. The van der Waals surface area contributed by atoms with Gasteiger partial charge in [0.25, 0.3) is 5.91 Å². The fraction of sp³-hybridized carbons (Fsp3) is 0.280. The lowest BCUT2D eigenvalue weighted by molar-refractivity contribution is -0.141. The average Bonchev–Trinajstić information content (AvgIpc) is 3.53. The van der Waals surface area contributed by atoms with Gasteiger partial charge >= 0.3 is 5.97 Å². The van der Waals surface area contributed by atoms with Crippen molar-refractivity contribution in [1.82, 2.24) is 14.8 Å². The molecule has 7 nitrogen and oxygen atoms in total. The number of para-hydroxylation sites is 1. The third kappa shape index (κ3) is 3.51. The number of pyridine rings is 1. The summed E-state index contributed by atoms with van der Waals surface area (Å²) in [5.74, 6) is -0.697. The second-order valence-electron chi connectivity index (χ2n) is 8.43. The molecule has 8 heteroatoms. The predicted molar refractivity (Wildman–Crippen MR) is 129 cm³/mol. The van der Waals surface area contributed by atoms with E-state index < -0.39 is 12.0 Å². The molecule has 0 aliphatic carbocycles. The van der Waals surface area contributed by atoms with E-state index in [4.69, 9.17) is 9.72 Å². The number of aryl methyl sites for hydroxylation is 1. The van der Waals surface area contributed by atoms with Crippen LogP contribution in [0.25, 0.3) is 21.6 Å². The lowest BCUT2D eigenvalue weighted by Crippen LogP contribution is -2.43. The molecule has 5 rings (SSSR count). The summed E-state index contributed by atoms with van der Waals surface area (Å²) < 4.78 is 6.87. The smallest absolute Gasteiger partial charge is 0.329 e. The Hall–Kier alpha value is -3.52. The van der Waals surface area contributed by atoms with Crippen molar-refractivity contribution in [3.8, 4) is 10.6 Å². The Morgan fingerprint density at radius 3 is 2.67 bits per heavy atom. The first kappa shape index (κ1) is 21.3. The van der Waals surface area contributed by atoms with E-state index in [-0.39, 0.29) is 11.9 Å². The molecule has 1 aliphatic heterocycles. The molecule has 0 bridgehead atoms. The van der Waals surface area contributed by atoms with Gasteiger partial charge in [-0.3, -0.25) is 9.69 Å². The Morgan fingerprint density at radius 2 is 1.97 bits per heavy atom. The van der Waals surface area contributed by atoms with Crippen molar-refractivity contribution in [2.75, 3.05) is 12.0 Å². The van der Waals surface area contributed by atoms with Gasteiger partial charge in [-0.15, -0.1) is 11.3 Å². The molecule has 0 saturated heterocycles. The topological polar surface area (TPSA) is 77.3 Å². The minimum Gasteiger partial charge on any atom is -0.467 e. The molecule has 168 valence electrons. The number of amides is 1. The van der Waals surface area contributed by atoms with E-state index in [1.807, 2.05) is 67.9 Å². The van der Waals surface area contributed by atoms with Gasteiger partial charge in [-0.2, -0.15) is 5.10 Å². The Bertz CT molecular complexity index is 1390. The predicted octanol–water partition coefficient (Wildman–Crippen LogP) is 4.79. The van der Waals surface area contributed by atoms with Crippen LogP contribution in [-0.4, -0.2) is 39.8 Å². The average molecular weight is 461 g/mol. The maximum absolute atomic E-state index is 14.1. The quantitative estimate of drug-likeness (QED) is 0.409. The summed E-state index contributed by atoms with van der Waals surface area (Å²) in [6, 6.07) is 12.8. The molecule has 1 aliphatic rings. The van der Waals surface area contributed by atoms with E-state index in [2.05, 4.69) is 5.10 Å². The van der Waals surface area contributed by atoms with Gasteiger partial charge in [-0.05, 0) is 50.6 Å². The van der Waals surface area contributed by atoms with Crippen molar-refractivity contribution in [3.63, 3.8) is 0 Å². The van der Waals surface area contributed by atoms with Gasteiger partial charge in [0.15, 0.2) is 5.65 Å². The summed E-state index contributed by atoms with van der Waals surface area (Å²) in [5, 5.41) is 5.18. The van der Waals surface area contributed by atoms with Crippen LogP contribution in [0.15, 0.2) is 48.7 Å². The standard InChI is InChI=1S/C25H24N4O3S/c1-14(2)29-23-18(13-26-29)17(12-19(27-23)22-10-9-15(3)33-22)24(30)28-20-8-6-5-7-16(20)11-21(28)25(31)32-4/h5-10,12-14,21H,11H2,1-4H3. The van der Waals surface area contributed by atoms with Crippen LogP contribution in [0.4, 0.5) is 5.69 Å². The largest absolute Gasteiger partial charge is 0.467 e. The highest BCUT2D eigenvalue weighted by Gasteiger charge is 2.40. The maximum atomic E-state index is 14.1. The summed E-state index contributed by atoms with van der Waals surface area (Å²) in [6.45, 7) is 6.10. The van der Waals surface area contributed by atoms with Crippen LogP contribution >= 0.6 is 11.3 Å². The van der Waals surface area contributed by atoms with E-state index in [1.165, 1.54) is 7.11 Å². The number of hydrogen-bond donors (Lipinski definition) is 0. The number of nitrogens with zero attached hydrogens (tertiary/aromatic N) is 4. The van der Waals surface area contributed by atoms with Crippen molar-refractivity contribution in [2.24, 2.45) is 0 Å². The van der Waals surface area contributed by atoms with Crippen LogP contribution in [0.1, 0.15) is 40.7 Å². The van der Waals surface area contributed by atoms with E-state index in [0.717, 1.165) is 21.0 Å². The Balaban J connectivity index is 1.71. The number of rotatable bonds is 4. The molecule has 0 radical (unpaired) electrons. The molecular formula is C25H24N4O3S. The number of fused-ring (bicyclic) bond motifs is 2. The summed E-state index contributed by atoms with van der Waals surface area (Å²) in [5.41, 5.74) is 3.51. The van der Waals surface area contributed by atoms with Gasteiger partial charge in [0.1, 0.15) is 6.04 Å². The minimum absolute atomic E-state index is 0.0774. The third-order valence-corrected chi connectivity index (χ3v) is 6.97. The molecule has 3 aromatic heterocycles. The van der Waals surface area contributed by atoms with Crippen molar-refractivity contribution in [1.29, 1.82) is 0 Å². The number of carbonyl (C=O) groups excluding carboxylic acids is 2. The molecule has 1 aromatic carbocycles. The van der Waals surface area contributed by atoms with Crippen LogP contribution in [0, 0.1) is 6.92 Å². The van der Waals surface area contributed by atoms with Gasteiger partial charge in [0, 0.05) is 23.0 Å². The lowest BCUT2D eigenvalue weighted by atomic mass is 10.1. The minimum atomic E-state index is -0.712. The molecule has 0 N–H and O–H groups in total. The fourth-order valence-electron chi connectivity index (χ4n) is 4.36. The highest BCUT2D eigenvalue weighted by molar-refractivity contribution is 7.15. The summed E-state index contributed by atoms with van der Waals surface area (Å²) in [4.78, 5) is 35.3. The van der Waals surface area contributed by atoms with E-state index in [9.17, 15) is 9.59 Å². The molecule has 0 spiro atoms.